The Morgan fingerprint density at radius 2 is 1.81 bits per heavy atom. The average molecular weight is 365 g/mol. The number of hydrogen-bond acceptors (Lipinski definition) is 5. The molecule has 130 valence electrons. The predicted octanol–water partition coefficient (Wildman–Crippen LogP) is 2.74. The number of allylic oxidation sites excluding steroid dienone is 1. The third-order valence-corrected chi connectivity index (χ3v) is 5.73. The Balaban J connectivity index is 2.34. The molecule has 0 bridgehead atoms. The number of nitrogens with zero attached hydrogens (tertiary/aromatic N) is 2. The maximum atomic E-state index is 13.2. The van der Waals surface area contributed by atoms with Crippen molar-refractivity contribution in [1.82, 2.24) is 3.97 Å². The molecule has 0 aliphatic carbocycles. The fourth-order valence-electron chi connectivity index (χ4n) is 2.66. The molecule has 2 aromatic carbocycles. The van der Waals surface area contributed by atoms with E-state index in [9.17, 15) is 13.2 Å². The third-order valence-electron chi connectivity index (χ3n) is 3.99. The molecule has 1 aromatic heterocycles. The largest absolute Gasteiger partial charge is 0.403 e. The first-order valence-electron chi connectivity index (χ1n) is 7.69. The van der Waals surface area contributed by atoms with Gasteiger partial charge in [0.05, 0.1) is 10.4 Å². The lowest BCUT2D eigenvalue weighted by atomic mass is 10.1. The summed E-state index contributed by atoms with van der Waals surface area (Å²) in [5.41, 5.74) is 6.14. The van der Waals surface area contributed by atoms with Crippen molar-refractivity contribution in [3.63, 3.8) is 0 Å². The van der Waals surface area contributed by atoms with E-state index in [1.807, 2.05) is 6.92 Å². The second-order valence-electron chi connectivity index (χ2n) is 5.69. The Kier molecular flexibility index (Phi) is 4.36. The van der Waals surface area contributed by atoms with Crippen LogP contribution in [0.2, 0.25) is 0 Å². The molecule has 0 aliphatic rings. The summed E-state index contributed by atoms with van der Waals surface area (Å²) in [6, 6.07) is 16.2. The number of hydrogen-bond donors (Lipinski definition) is 1. The first-order chi connectivity index (χ1) is 12.4. The predicted molar refractivity (Wildman–Crippen MR) is 97.9 cm³/mol. The molecule has 1 heterocycles. The standard InChI is InChI=1S/C19H15N3O3S/c1-13-6-8-16(9-7-13)26(24,25)22-17-5-3-2-4-14(17)10-18(22)19(23)15(11-20)12-21/h2-11H,20H2,1H3. The number of nitrogens with two attached hydrogens (primary N) is 1. The molecule has 0 spiro atoms. The van der Waals surface area contributed by atoms with Gasteiger partial charge in [-0.05, 0) is 31.2 Å². The van der Waals surface area contributed by atoms with E-state index in [4.69, 9.17) is 11.0 Å². The van der Waals surface area contributed by atoms with Gasteiger partial charge in [-0.25, -0.2) is 12.4 Å². The van der Waals surface area contributed by atoms with Gasteiger partial charge in [0.15, 0.2) is 0 Å². The molecule has 0 aliphatic heterocycles. The number of para-hydroxylation sites is 1. The van der Waals surface area contributed by atoms with Crippen LogP contribution in [0, 0.1) is 18.3 Å². The van der Waals surface area contributed by atoms with E-state index >= 15 is 0 Å². The Hall–Kier alpha value is -3.37. The van der Waals surface area contributed by atoms with Gasteiger partial charge in [-0.15, -0.1) is 0 Å². The number of rotatable bonds is 4. The van der Waals surface area contributed by atoms with Crippen LogP contribution in [0.25, 0.3) is 10.9 Å². The monoisotopic (exact) mass is 365 g/mol. The average Bonchev–Trinajstić information content (AvgIpc) is 3.03. The highest BCUT2D eigenvalue weighted by Gasteiger charge is 2.27. The zero-order valence-electron chi connectivity index (χ0n) is 13.9. The van der Waals surface area contributed by atoms with Gasteiger partial charge in [-0.2, -0.15) is 5.26 Å². The summed E-state index contributed by atoms with van der Waals surface area (Å²) < 4.78 is 27.4. The number of ketones is 1. The van der Waals surface area contributed by atoms with Crippen molar-refractivity contribution in [2.75, 3.05) is 0 Å². The lowest BCUT2D eigenvalue weighted by Gasteiger charge is -2.11. The maximum absolute atomic E-state index is 13.2. The molecular weight excluding hydrogens is 350 g/mol. The second-order valence-corrected chi connectivity index (χ2v) is 7.48. The molecule has 0 fully saturated rings. The fraction of sp³-hybridized carbons (Fsp3) is 0.0526. The van der Waals surface area contributed by atoms with Crippen molar-refractivity contribution < 1.29 is 13.2 Å². The number of carbonyl (C=O) groups excluding carboxylic acids is 1. The van der Waals surface area contributed by atoms with E-state index in [-0.39, 0.29) is 16.2 Å². The van der Waals surface area contributed by atoms with Crippen LogP contribution in [-0.2, 0) is 10.0 Å². The molecule has 0 saturated heterocycles. The molecule has 2 N–H and O–H groups in total. The van der Waals surface area contributed by atoms with Crippen molar-refractivity contribution in [3.8, 4) is 6.07 Å². The molecule has 0 amide bonds. The number of fused-ring (bicyclic) bond motifs is 1. The summed E-state index contributed by atoms with van der Waals surface area (Å²) in [5, 5.41) is 9.67. The molecule has 7 heteroatoms. The molecule has 3 rings (SSSR count). The summed E-state index contributed by atoms with van der Waals surface area (Å²) >= 11 is 0. The Morgan fingerprint density at radius 3 is 2.42 bits per heavy atom. The highest BCUT2D eigenvalue weighted by molar-refractivity contribution is 7.90. The quantitative estimate of drug-likeness (QED) is 0.435. The van der Waals surface area contributed by atoms with Crippen LogP contribution < -0.4 is 5.73 Å². The number of nitriles is 1. The van der Waals surface area contributed by atoms with E-state index in [2.05, 4.69) is 0 Å². The van der Waals surface area contributed by atoms with Gasteiger partial charge in [0, 0.05) is 11.6 Å². The van der Waals surface area contributed by atoms with Gasteiger partial charge in [0.1, 0.15) is 17.3 Å². The van der Waals surface area contributed by atoms with Crippen LogP contribution in [0.5, 0.6) is 0 Å². The van der Waals surface area contributed by atoms with Gasteiger partial charge in [-0.3, -0.25) is 4.79 Å². The number of aryl methyl sites for hydroxylation is 1. The number of Topliss-reactive ketones (excluding diaryl/α,β-unsaturated/α-hetero) is 1. The van der Waals surface area contributed by atoms with Gasteiger partial charge in [0.2, 0.25) is 5.78 Å². The van der Waals surface area contributed by atoms with Crippen molar-refractivity contribution in [2.45, 2.75) is 11.8 Å². The third kappa shape index (κ3) is 2.76. The van der Waals surface area contributed by atoms with Gasteiger partial charge in [-0.1, -0.05) is 35.9 Å². The summed E-state index contributed by atoms with van der Waals surface area (Å²) in [6.07, 6.45) is 0.878. The van der Waals surface area contributed by atoms with Crippen molar-refractivity contribution >= 4 is 26.7 Å². The van der Waals surface area contributed by atoms with Gasteiger partial charge < -0.3 is 5.73 Å². The highest BCUT2D eigenvalue weighted by Crippen LogP contribution is 2.27. The molecule has 3 aromatic rings. The minimum atomic E-state index is -4.05. The molecule has 0 radical (unpaired) electrons. The van der Waals surface area contributed by atoms with Crippen LogP contribution in [0.1, 0.15) is 16.1 Å². The molecular formula is C19H15N3O3S. The minimum absolute atomic E-state index is 0.0498. The van der Waals surface area contributed by atoms with Crippen LogP contribution in [0.3, 0.4) is 0 Å². The molecule has 6 nitrogen and oxygen atoms in total. The van der Waals surface area contributed by atoms with Crippen molar-refractivity contribution in [2.24, 2.45) is 5.73 Å². The summed E-state index contributed by atoms with van der Waals surface area (Å²) in [4.78, 5) is 12.7. The second kappa shape index (κ2) is 6.50. The van der Waals surface area contributed by atoms with Crippen LogP contribution in [0.4, 0.5) is 0 Å². The molecule has 0 unspecified atom stereocenters. The Morgan fingerprint density at radius 1 is 1.15 bits per heavy atom. The van der Waals surface area contributed by atoms with E-state index in [0.29, 0.717) is 10.9 Å². The topological polar surface area (TPSA) is 106 Å². The lowest BCUT2D eigenvalue weighted by molar-refractivity contribution is 0.103. The van der Waals surface area contributed by atoms with E-state index < -0.39 is 15.8 Å². The normalized spacial score (nSPS) is 12.1. The molecule has 26 heavy (non-hydrogen) atoms. The van der Waals surface area contributed by atoms with E-state index in [1.165, 1.54) is 18.2 Å². The zero-order valence-corrected chi connectivity index (χ0v) is 14.7. The molecule has 0 atom stereocenters. The smallest absolute Gasteiger partial charge is 0.268 e. The first-order valence-corrected chi connectivity index (χ1v) is 9.13. The van der Waals surface area contributed by atoms with Crippen LogP contribution >= 0.6 is 0 Å². The maximum Gasteiger partial charge on any atom is 0.268 e. The highest BCUT2D eigenvalue weighted by atomic mass is 32.2. The van der Waals surface area contributed by atoms with Crippen LogP contribution in [-0.4, -0.2) is 18.2 Å². The Bertz CT molecular complexity index is 1180. The van der Waals surface area contributed by atoms with Crippen LogP contribution in [0.15, 0.2) is 71.3 Å². The SMILES string of the molecule is Cc1ccc(S(=O)(=O)n2c(C(=O)C(C#N)=CN)cc3ccccc32)cc1. The lowest BCUT2D eigenvalue weighted by Crippen LogP contribution is -2.19. The summed E-state index contributed by atoms with van der Waals surface area (Å²) in [6.45, 7) is 1.85. The zero-order chi connectivity index (χ0) is 18.9. The summed E-state index contributed by atoms with van der Waals surface area (Å²) in [7, 11) is -4.05. The van der Waals surface area contributed by atoms with Crippen molar-refractivity contribution in [3.05, 3.63) is 77.6 Å². The number of benzene rings is 2. The number of aromatic nitrogens is 1. The van der Waals surface area contributed by atoms with Gasteiger partial charge in [0.25, 0.3) is 10.0 Å². The van der Waals surface area contributed by atoms with E-state index in [0.717, 1.165) is 15.7 Å². The Labute approximate surface area is 150 Å². The summed E-state index contributed by atoms with van der Waals surface area (Å²) in [5.74, 6) is -0.748. The molecule has 0 saturated carbocycles. The van der Waals surface area contributed by atoms with Crippen molar-refractivity contribution in [1.29, 1.82) is 5.26 Å². The number of carbonyl (C=O) groups is 1. The fourth-order valence-corrected chi connectivity index (χ4v) is 4.17. The van der Waals surface area contributed by atoms with Gasteiger partial charge >= 0.3 is 0 Å². The first kappa shape index (κ1) is 17.5. The van der Waals surface area contributed by atoms with E-state index in [1.54, 1.807) is 42.5 Å². The minimum Gasteiger partial charge on any atom is -0.403 e.